The molecule has 0 spiro atoms. The summed E-state index contributed by atoms with van der Waals surface area (Å²) in [6.45, 7) is -0.279. The van der Waals surface area contributed by atoms with Gasteiger partial charge in [0.1, 0.15) is 23.0 Å². The number of hydrogen-bond acceptors (Lipinski definition) is 6. The van der Waals surface area contributed by atoms with Gasteiger partial charge in [-0.3, -0.25) is 0 Å². The van der Waals surface area contributed by atoms with E-state index in [1.807, 2.05) is 0 Å². The summed E-state index contributed by atoms with van der Waals surface area (Å²) in [5.41, 5.74) is 24.9. The molecular weight excluding hydrogens is 1060 g/mol. The summed E-state index contributed by atoms with van der Waals surface area (Å²) in [6, 6.07) is 106. The SMILES string of the molecule is c1ccc(N2c3ccccc3B3c4cc5c6cc7c(cc6c6cc8c(cc6c5cc4N(c4ccccc4)c4cccc2c43)N(c2ccccc2)c2cccc3c2B8c2ccccc2N3c2ccccc2)B2c3ccccc3Oc3cccc(c32)O7)cc1. The summed E-state index contributed by atoms with van der Waals surface area (Å²) in [5, 5.41) is 7.07. The van der Waals surface area contributed by atoms with Crippen LogP contribution >= 0.6 is 0 Å². The van der Waals surface area contributed by atoms with Crippen LogP contribution in [0.1, 0.15) is 0 Å². The Hall–Kier alpha value is -11.1. The zero-order valence-corrected chi connectivity index (χ0v) is 47.0. The van der Waals surface area contributed by atoms with Crippen LogP contribution in [-0.4, -0.2) is 20.1 Å². The third-order valence-corrected chi connectivity index (χ3v) is 19.4. The molecular formula is C78H47B3N4O2. The normalized spacial score (nSPS) is 14.0. The summed E-state index contributed by atoms with van der Waals surface area (Å²) in [5.74, 6) is 3.40. The van der Waals surface area contributed by atoms with Gasteiger partial charge >= 0.3 is 0 Å². The Morgan fingerprint density at radius 3 is 0.966 bits per heavy atom. The molecule has 0 radical (unpaired) electrons. The van der Waals surface area contributed by atoms with E-state index in [1.165, 1.54) is 99.5 Å². The maximum atomic E-state index is 7.24. The number of rotatable bonds is 4. The molecule has 14 aromatic rings. The minimum absolute atomic E-state index is 0.0833. The van der Waals surface area contributed by atoms with Crippen LogP contribution in [0.3, 0.4) is 0 Å². The molecule has 6 aliphatic heterocycles. The van der Waals surface area contributed by atoms with Crippen LogP contribution in [0.5, 0.6) is 23.0 Å². The number of benzene rings is 14. The van der Waals surface area contributed by atoms with Gasteiger partial charge in [0, 0.05) is 73.7 Å². The Morgan fingerprint density at radius 1 is 0.195 bits per heavy atom. The summed E-state index contributed by atoms with van der Waals surface area (Å²) < 4.78 is 13.9. The predicted octanol–water partition coefficient (Wildman–Crippen LogP) is 14.0. The molecule has 6 aliphatic rings. The topological polar surface area (TPSA) is 31.4 Å². The number of anilines is 12. The van der Waals surface area contributed by atoms with Crippen molar-refractivity contribution in [3.05, 3.63) is 285 Å². The maximum absolute atomic E-state index is 7.24. The predicted molar refractivity (Wildman–Crippen MR) is 365 cm³/mol. The fourth-order valence-electron chi connectivity index (χ4n) is 16.0. The van der Waals surface area contributed by atoms with E-state index < -0.39 is 0 Å². The molecule has 0 amide bonds. The van der Waals surface area contributed by atoms with Crippen molar-refractivity contribution in [3.63, 3.8) is 0 Å². The van der Waals surface area contributed by atoms with Crippen LogP contribution < -0.4 is 78.2 Å². The standard InChI is InChI=1S/C78H47B3N4O2/c1-5-22-48(23-6-1)82-64-33-16-13-30-58(64)79-61-42-52-54-44-63-75(87-74-41-21-40-73-78(74)81(63)60-32-15-18-39-72(60)86-73)47-57(54)53-43-62-71(46-56(53)55(52)45-70(61)84(50-26-9-3-10-27-50)68-37-19-35-66(82)76(68)79)85(51-28-11-4-12-29-51)69-38-20-36-67-77(69)80(62)59-31-14-17-34-65(59)83(67)49-24-7-2-8-25-49/h1-47H. The molecule has 6 heterocycles. The zero-order valence-electron chi connectivity index (χ0n) is 47.0. The summed E-state index contributed by atoms with van der Waals surface area (Å²) >= 11 is 0. The molecule has 0 aliphatic carbocycles. The minimum atomic E-state index is -0.112. The van der Waals surface area contributed by atoms with E-state index in [0.29, 0.717) is 0 Å². The number of nitrogens with zero attached hydrogens (tertiary/aromatic N) is 4. The molecule has 0 atom stereocenters. The molecule has 0 N–H and O–H groups in total. The molecule has 0 bridgehead atoms. The van der Waals surface area contributed by atoms with Gasteiger partial charge in [0.25, 0.3) is 20.1 Å². The quantitative estimate of drug-likeness (QED) is 0.129. The third kappa shape index (κ3) is 6.47. The fourth-order valence-corrected chi connectivity index (χ4v) is 16.0. The molecule has 9 heteroatoms. The van der Waals surface area contributed by atoms with E-state index in [2.05, 4.69) is 305 Å². The lowest BCUT2D eigenvalue weighted by Gasteiger charge is -2.44. The van der Waals surface area contributed by atoms with Crippen LogP contribution in [0.15, 0.2) is 285 Å². The summed E-state index contributed by atoms with van der Waals surface area (Å²) in [4.78, 5) is 10.0. The van der Waals surface area contributed by atoms with Gasteiger partial charge < -0.3 is 29.1 Å². The van der Waals surface area contributed by atoms with Gasteiger partial charge in [-0.05, 0) is 197 Å². The van der Waals surface area contributed by atoms with E-state index in [4.69, 9.17) is 9.47 Å². The summed E-state index contributed by atoms with van der Waals surface area (Å²) in [7, 11) is 0. The first-order valence-corrected chi connectivity index (χ1v) is 30.2. The van der Waals surface area contributed by atoms with Crippen LogP contribution in [0.25, 0.3) is 32.3 Å². The van der Waals surface area contributed by atoms with Gasteiger partial charge in [-0.25, -0.2) is 0 Å². The Morgan fingerprint density at radius 2 is 0.506 bits per heavy atom. The van der Waals surface area contributed by atoms with Crippen molar-refractivity contribution in [2.24, 2.45) is 0 Å². The van der Waals surface area contributed by atoms with Crippen LogP contribution in [0.4, 0.5) is 68.2 Å². The van der Waals surface area contributed by atoms with E-state index in [-0.39, 0.29) is 20.1 Å². The lowest BCUT2D eigenvalue weighted by atomic mass is 9.33. The van der Waals surface area contributed by atoms with Crippen molar-refractivity contribution in [1.82, 2.24) is 0 Å². The van der Waals surface area contributed by atoms with Crippen LogP contribution in [0, 0.1) is 0 Å². The number of hydrogen-bond donors (Lipinski definition) is 0. The first kappa shape index (κ1) is 47.2. The molecule has 0 unspecified atom stereocenters. The lowest BCUT2D eigenvalue weighted by molar-refractivity contribution is 0.465. The number of para-hydroxylation sites is 7. The van der Waals surface area contributed by atoms with E-state index >= 15 is 0 Å². The van der Waals surface area contributed by atoms with Crippen molar-refractivity contribution >= 4 is 170 Å². The molecule has 0 saturated carbocycles. The molecule has 0 saturated heterocycles. The zero-order chi connectivity index (χ0) is 56.6. The van der Waals surface area contributed by atoms with Gasteiger partial charge in [0.05, 0.1) is 0 Å². The molecule has 400 valence electrons. The summed E-state index contributed by atoms with van der Waals surface area (Å²) in [6.07, 6.45) is 0. The van der Waals surface area contributed by atoms with Crippen molar-refractivity contribution < 1.29 is 9.47 Å². The highest BCUT2D eigenvalue weighted by Crippen LogP contribution is 2.50. The second kappa shape index (κ2) is 17.7. The number of fused-ring (bicyclic) bond motifs is 18. The van der Waals surface area contributed by atoms with Gasteiger partial charge in [-0.2, -0.15) is 0 Å². The third-order valence-electron chi connectivity index (χ3n) is 19.4. The highest BCUT2D eigenvalue weighted by molar-refractivity contribution is 7.01. The maximum Gasteiger partial charge on any atom is 0.260 e. The van der Waals surface area contributed by atoms with Crippen molar-refractivity contribution in [1.29, 1.82) is 0 Å². The van der Waals surface area contributed by atoms with Gasteiger partial charge in [-0.15, -0.1) is 0 Å². The second-order valence-corrected chi connectivity index (χ2v) is 23.8. The van der Waals surface area contributed by atoms with Gasteiger partial charge in [0.2, 0.25) is 0 Å². The Labute approximate surface area is 504 Å². The van der Waals surface area contributed by atoms with Gasteiger partial charge in [-0.1, -0.05) is 164 Å². The lowest BCUT2D eigenvalue weighted by Crippen LogP contribution is -2.61. The van der Waals surface area contributed by atoms with Crippen molar-refractivity contribution in [2.45, 2.75) is 0 Å². The molecule has 0 aromatic heterocycles. The molecule has 20 rings (SSSR count). The van der Waals surface area contributed by atoms with Crippen molar-refractivity contribution in [2.75, 3.05) is 19.6 Å². The highest BCUT2D eigenvalue weighted by atomic mass is 16.5. The molecule has 0 fully saturated rings. The van der Waals surface area contributed by atoms with E-state index in [9.17, 15) is 0 Å². The largest absolute Gasteiger partial charge is 0.458 e. The first-order valence-electron chi connectivity index (χ1n) is 30.2. The second-order valence-electron chi connectivity index (χ2n) is 23.8. The van der Waals surface area contributed by atoms with Crippen LogP contribution in [0.2, 0.25) is 0 Å². The van der Waals surface area contributed by atoms with E-state index in [0.717, 1.165) is 73.2 Å². The molecule has 87 heavy (non-hydrogen) atoms. The molecule has 14 aromatic carbocycles. The smallest absolute Gasteiger partial charge is 0.260 e. The number of ether oxygens (including phenoxy) is 2. The average molecular weight is 1100 g/mol. The fraction of sp³-hybridized carbons (Fsp3) is 0. The van der Waals surface area contributed by atoms with Crippen LogP contribution in [-0.2, 0) is 0 Å². The Kier molecular flexibility index (Phi) is 9.61. The minimum Gasteiger partial charge on any atom is -0.458 e. The molecule has 6 nitrogen and oxygen atoms in total. The van der Waals surface area contributed by atoms with Crippen molar-refractivity contribution in [3.8, 4) is 23.0 Å². The average Bonchev–Trinajstić information content (AvgIpc) is 0.809. The first-order chi connectivity index (χ1) is 43.2. The Bertz CT molecular complexity index is 5300. The van der Waals surface area contributed by atoms with E-state index in [1.54, 1.807) is 0 Å². The highest BCUT2D eigenvalue weighted by Gasteiger charge is 2.47. The van der Waals surface area contributed by atoms with Gasteiger partial charge in [0.15, 0.2) is 0 Å². The Balaban J connectivity index is 0.931. The monoisotopic (exact) mass is 1100 g/mol.